The lowest BCUT2D eigenvalue weighted by Crippen LogP contribution is -2.30. The highest BCUT2D eigenvalue weighted by Crippen LogP contribution is 2.21. The zero-order chi connectivity index (χ0) is 13.7. The van der Waals surface area contributed by atoms with E-state index in [4.69, 9.17) is 5.11 Å². The summed E-state index contributed by atoms with van der Waals surface area (Å²) < 4.78 is 27.0. The van der Waals surface area contributed by atoms with Crippen LogP contribution in [0.1, 0.15) is 38.3 Å². The van der Waals surface area contributed by atoms with Crippen LogP contribution in [0.5, 0.6) is 0 Å². The van der Waals surface area contributed by atoms with Crippen LogP contribution in [-0.4, -0.2) is 17.1 Å². The number of aliphatic carboxylic acids is 1. The highest BCUT2D eigenvalue weighted by molar-refractivity contribution is 5.66. The maximum atomic E-state index is 13.5. The summed E-state index contributed by atoms with van der Waals surface area (Å²) in [5.74, 6) is -2.07. The van der Waals surface area contributed by atoms with Crippen molar-refractivity contribution in [3.8, 4) is 0 Å². The molecule has 0 saturated carbocycles. The molecule has 2 atom stereocenters. The molecule has 1 rings (SSSR count). The number of hydrogen-bond donors (Lipinski definition) is 2. The SMILES string of the molecule is CC(CCC(=O)O)NC(C)c1c(F)cccc1F. The van der Waals surface area contributed by atoms with Crippen molar-refractivity contribution in [2.75, 3.05) is 0 Å². The molecule has 1 aromatic carbocycles. The largest absolute Gasteiger partial charge is 0.481 e. The molecule has 0 aliphatic rings. The number of nitrogens with one attached hydrogen (secondary N) is 1. The van der Waals surface area contributed by atoms with Gasteiger partial charge in [-0.1, -0.05) is 6.07 Å². The van der Waals surface area contributed by atoms with Crippen LogP contribution in [0.25, 0.3) is 0 Å². The first kappa shape index (κ1) is 14.6. The second-order valence-corrected chi connectivity index (χ2v) is 4.36. The van der Waals surface area contributed by atoms with Crippen LogP contribution in [0.4, 0.5) is 8.78 Å². The van der Waals surface area contributed by atoms with Gasteiger partial charge >= 0.3 is 5.97 Å². The summed E-state index contributed by atoms with van der Waals surface area (Å²) in [6, 6.07) is 3.09. The van der Waals surface area contributed by atoms with Gasteiger partial charge in [0.05, 0.1) is 0 Å². The van der Waals surface area contributed by atoms with Gasteiger partial charge in [-0.3, -0.25) is 4.79 Å². The molecule has 5 heteroatoms. The van der Waals surface area contributed by atoms with Gasteiger partial charge in [0.15, 0.2) is 0 Å². The molecule has 1 aromatic rings. The van der Waals surface area contributed by atoms with Crippen molar-refractivity contribution in [2.45, 2.75) is 38.8 Å². The van der Waals surface area contributed by atoms with Crippen molar-refractivity contribution in [1.29, 1.82) is 0 Å². The molecule has 0 amide bonds. The lowest BCUT2D eigenvalue weighted by Gasteiger charge is -2.20. The summed E-state index contributed by atoms with van der Waals surface area (Å²) in [5.41, 5.74) is -0.0142. The summed E-state index contributed by atoms with van der Waals surface area (Å²) in [7, 11) is 0. The molecular formula is C13H17F2NO2. The molecule has 0 bridgehead atoms. The van der Waals surface area contributed by atoms with Crippen molar-refractivity contribution in [3.63, 3.8) is 0 Å². The minimum atomic E-state index is -0.881. The third kappa shape index (κ3) is 4.07. The number of hydrogen-bond acceptors (Lipinski definition) is 2. The Morgan fingerprint density at radius 1 is 1.33 bits per heavy atom. The van der Waals surface area contributed by atoms with Gasteiger partial charge in [-0.15, -0.1) is 0 Å². The van der Waals surface area contributed by atoms with E-state index < -0.39 is 23.6 Å². The number of carboxylic acids is 1. The van der Waals surface area contributed by atoms with Crippen LogP contribution in [0.15, 0.2) is 18.2 Å². The van der Waals surface area contributed by atoms with Gasteiger partial charge in [0, 0.05) is 24.1 Å². The minimum absolute atomic E-state index is 0.0142. The highest BCUT2D eigenvalue weighted by Gasteiger charge is 2.17. The quantitative estimate of drug-likeness (QED) is 0.823. The standard InChI is InChI=1S/C13H17F2NO2/c1-8(6-7-12(17)18)16-9(2)13-10(14)4-3-5-11(13)15/h3-5,8-9,16H,6-7H2,1-2H3,(H,17,18). The van der Waals surface area contributed by atoms with Gasteiger partial charge in [-0.05, 0) is 32.4 Å². The van der Waals surface area contributed by atoms with E-state index >= 15 is 0 Å². The number of rotatable bonds is 6. The van der Waals surface area contributed by atoms with E-state index in [0.29, 0.717) is 6.42 Å². The zero-order valence-electron chi connectivity index (χ0n) is 10.4. The van der Waals surface area contributed by atoms with E-state index in [9.17, 15) is 13.6 Å². The maximum Gasteiger partial charge on any atom is 0.303 e. The summed E-state index contributed by atoms with van der Waals surface area (Å²) in [6.07, 6.45) is 0.441. The Morgan fingerprint density at radius 2 is 1.89 bits per heavy atom. The molecule has 0 saturated heterocycles. The molecule has 0 spiro atoms. The Kier molecular flexibility index (Phi) is 5.22. The van der Waals surface area contributed by atoms with Crippen molar-refractivity contribution < 1.29 is 18.7 Å². The van der Waals surface area contributed by atoms with E-state index in [0.717, 1.165) is 0 Å². The van der Waals surface area contributed by atoms with E-state index in [2.05, 4.69) is 5.32 Å². The van der Waals surface area contributed by atoms with Gasteiger partial charge in [0.1, 0.15) is 11.6 Å². The van der Waals surface area contributed by atoms with Crippen molar-refractivity contribution in [1.82, 2.24) is 5.32 Å². The Hall–Kier alpha value is -1.49. The summed E-state index contributed by atoms with van der Waals surface area (Å²) >= 11 is 0. The van der Waals surface area contributed by atoms with Crippen LogP contribution < -0.4 is 5.32 Å². The van der Waals surface area contributed by atoms with Crippen molar-refractivity contribution >= 4 is 5.97 Å². The fourth-order valence-electron chi connectivity index (χ4n) is 1.86. The number of halogens is 2. The summed E-state index contributed by atoms with van der Waals surface area (Å²) in [6.45, 7) is 3.44. The van der Waals surface area contributed by atoms with Gasteiger partial charge in [-0.2, -0.15) is 0 Å². The lowest BCUT2D eigenvalue weighted by molar-refractivity contribution is -0.137. The fourth-order valence-corrected chi connectivity index (χ4v) is 1.86. The molecule has 2 N–H and O–H groups in total. The predicted octanol–water partition coefficient (Wildman–Crippen LogP) is 2.87. The van der Waals surface area contributed by atoms with Crippen LogP contribution in [0, 0.1) is 11.6 Å². The van der Waals surface area contributed by atoms with Crippen molar-refractivity contribution in [2.24, 2.45) is 0 Å². The third-order valence-corrected chi connectivity index (χ3v) is 2.76. The molecule has 18 heavy (non-hydrogen) atoms. The number of benzene rings is 1. The van der Waals surface area contributed by atoms with Gasteiger partial charge < -0.3 is 10.4 Å². The zero-order valence-corrected chi connectivity index (χ0v) is 10.4. The summed E-state index contributed by atoms with van der Waals surface area (Å²) in [4.78, 5) is 10.4. The molecule has 100 valence electrons. The van der Waals surface area contributed by atoms with E-state index in [1.54, 1.807) is 13.8 Å². The summed E-state index contributed by atoms with van der Waals surface area (Å²) in [5, 5.41) is 11.5. The average molecular weight is 257 g/mol. The van der Waals surface area contributed by atoms with Gasteiger partial charge in [0.25, 0.3) is 0 Å². The predicted molar refractivity (Wildman–Crippen MR) is 64.2 cm³/mol. The fraction of sp³-hybridized carbons (Fsp3) is 0.462. The molecule has 0 heterocycles. The minimum Gasteiger partial charge on any atom is -0.481 e. The second kappa shape index (κ2) is 6.44. The Balaban J connectivity index is 2.64. The third-order valence-electron chi connectivity index (χ3n) is 2.76. The van der Waals surface area contributed by atoms with Crippen LogP contribution in [-0.2, 0) is 4.79 Å². The monoisotopic (exact) mass is 257 g/mol. The maximum absolute atomic E-state index is 13.5. The Labute approximate surface area is 105 Å². The Bertz CT molecular complexity index is 403. The smallest absolute Gasteiger partial charge is 0.303 e. The lowest BCUT2D eigenvalue weighted by atomic mass is 10.0. The van der Waals surface area contributed by atoms with Gasteiger partial charge in [0.2, 0.25) is 0 Å². The Morgan fingerprint density at radius 3 is 2.39 bits per heavy atom. The van der Waals surface area contributed by atoms with Crippen LogP contribution >= 0.6 is 0 Å². The van der Waals surface area contributed by atoms with E-state index in [-0.39, 0.29) is 18.0 Å². The molecule has 0 aromatic heterocycles. The van der Waals surface area contributed by atoms with Crippen LogP contribution in [0.3, 0.4) is 0 Å². The normalized spacial score (nSPS) is 14.2. The molecule has 0 aliphatic carbocycles. The number of carboxylic acid groups (broad SMARTS) is 1. The van der Waals surface area contributed by atoms with Gasteiger partial charge in [-0.25, -0.2) is 8.78 Å². The van der Waals surface area contributed by atoms with Crippen LogP contribution in [0.2, 0.25) is 0 Å². The van der Waals surface area contributed by atoms with Crippen molar-refractivity contribution in [3.05, 3.63) is 35.4 Å². The molecule has 0 aliphatic heterocycles. The first-order chi connectivity index (χ1) is 8.41. The molecule has 2 unspecified atom stereocenters. The second-order valence-electron chi connectivity index (χ2n) is 4.36. The first-order valence-corrected chi connectivity index (χ1v) is 5.83. The highest BCUT2D eigenvalue weighted by atomic mass is 19.1. The average Bonchev–Trinajstić information content (AvgIpc) is 2.26. The van der Waals surface area contributed by atoms with E-state index in [1.807, 2.05) is 0 Å². The first-order valence-electron chi connectivity index (χ1n) is 5.83. The number of carbonyl (C=O) groups is 1. The van der Waals surface area contributed by atoms with E-state index in [1.165, 1.54) is 18.2 Å². The molecule has 3 nitrogen and oxygen atoms in total. The molecular weight excluding hydrogens is 240 g/mol. The molecule has 0 fully saturated rings. The molecule has 0 radical (unpaired) electrons. The topological polar surface area (TPSA) is 49.3 Å².